The highest BCUT2D eigenvalue weighted by Gasteiger charge is 2.37. The van der Waals surface area contributed by atoms with Gasteiger partial charge >= 0.3 is 0 Å². The summed E-state index contributed by atoms with van der Waals surface area (Å²) in [7, 11) is 0. The quantitative estimate of drug-likeness (QED) is 0.158. The monoisotopic (exact) mass is 657 g/mol. The van der Waals surface area contributed by atoms with E-state index < -0.39 is 29.1 Å². The minimum absolute atomic E-state index is 0.103. The first-order chi connectivity index (χ1) is 22.5. The van der Waals surface area contributed by atoms with E-state index in [0.717, 1.165) is 23.4 Å². The Labute approximate surface area is 280 Å². The highest BCUT2D eigenvalue weighted by atomic mass is 19.1. The maximum Gasteiger partial charge on any atom is 0.237 e. The summed E-state index contributed by atoms with van der Waals surface area (Å²) in [4.78, 5) is 27.9. The van der Waals surface area contributed by atoms with E-state index in [1.54, 1.807) is 18.0 Å². The van der Waals surface area contributed by atoms with Crippen LogP contribution in [0.25, 0.3) is 11.1 Å². The largest absolute Gasteiger partial charge is 0.378 e. The Hall–Kier alpha value is -3.60. The third-order valence-electron chi connectivity index (χ3n) is 7.23. The lowest BCUT2D eigenvalue weighted by atomic mass is 9.82. The molecule has 2 amide bonds. The first-order valence-corrected chi connectivity index (χ1v) is 16.8. The van der Waals surface area contributed by atoms with Gasteiger partial charge in [-0.1, -0.05) is 85.7 Å². The molecule has 262 valence electrons. The van der Waals surface area contributed by atoms with Gasteiger partial charge in [-0.15, -0.1) is 0 Å². The second-order valence-electron chi connectivity index (χ2n) is 11.7. The smallest absolute Gasteiger partial charge is 0.237 e. The van der Waals surface area contributed by atoms with E-state index in [4.69, 9.17) is 16.2 Å². The maximum atomic E-state index is 14.9. The van der Waals surface area contributed by atoms with Crippen LogP contribution in [0.15, 0.2) is 60.8 Å². The minimum Gasteiger partial charge on any atom is -0.378 e. The third kappa shape index (κ3) is 12.8. The average molecular weight is 658 g/mol. The number of halogens is 2. The molecule has 0 fully saturated rings. The lowest BCUT2D eigenvalue weighted by molar-refractivity contribution is -0.136. The lowest BCUT2D eigenvalue weighted by Gasteiger charge is -2.41. The second-order valence-corrected chi connectivity index (χ2v) is 11.7. The summed E-state index contributed by atoms with van der Waals surface area (Å²) < 4.78 is 36.4. The zero-order chi connectivity index (χ0) is 35.6. The fourth-order valence-electron chi connectivity index (χ4n) is 5.18. The number of nitrogens with one attached hydrogen (secondary N) is 1. The molecule has 1 aromatic heterocycles. The number of nitrogens with two attached hydrogens (primary N) is 2. The van der Waals surface area contributed by atoms with Crippen LogP contribution in [0.3, 0.4) is 0 Å². The summed E-state index contributed by atoms with van der Waals surface area (Å²) in [6.45, 7) is 18.0. The van der Waals surface area contributed by atoms with Gasteiger partial charge in [0.25, 0.3) is 0 Å². The normalized spacial score (nSPS) is 12.2. The zero-order valence-corrected chi connectivity index (χ0v) is 29.6. The van der Waals surface area contributed by atoms with E-state index in [-0.39, 0.29) is 36.8 Å². The number of carbonyl (C=O) groups excluding carboxylic acids is 2. The second kappa shape index (κ2) is 21.3. The van der Waals surface area contributed by atoms with Crippen molar-refractivity contribution < 1.29 is 23.1 Å². The van der Waals surface area contributed by atoms with Gasteiger partial charge in [-0.2, -0.15) is 0 Å². The Bertz CT molecular complexity index is 1340. The van der Waals surface area contributed by atoms with Crippen molar-refractivity contribution in [3.05, 3.63) is 83.7 Å². The van der Waals surface area contributed by atoms with Gasteiger partial charge in [0.1, 0.15) is 11.6 Å². The fraction of sp³-hybridized carbons (Fsp3) is 0.514. The number of aromatic nitrogens is 1. The number of carbonyl (C=O) groups is 2. The summed E-state index contributed by atoms with van der Waals surface area (Å²) in [6, 6.07) is 13.7. The van der Waals surface area contributed by atoms with Gasteiger partial charge in [-0.3, -0.25) is 9.59 Å². The highest BCUT2D eigenvalue weighted by molar-refractivity contribution is 5.81. The molecular weight excluding hydrogens is 600 g/mol. The van der Waals surface area contributed by atoms with Crippen molar-refractivity contribution in [2.24, 2.45) is 16.9 Å². The molecule has 2 unspecified atom stereocenters. The number of ether oxygens (including phenoxy) is 1. The zero-order valence-electron chi connectivity index (χ0n) is 29.6. The topological polar surface area (TPSA) is 116 Å². The van der Waals surface area contributed by atoms with Crippen LogP contribution in [-0.2, 0) is 20.9 Å². The van der Waals surface area contributed by atoms with Gasteiger partial charge < -0.3 is 31.0 Å². The van der Waals surface area contributed by atoms with Crippen molar-refractivity contribution in [2.75, 3.05) is 32.8 Å². The van der Waals surface area contributed by atoms with Crippen molar-refractivity contribution in [1.29, 1.82) is 0 Å². The molecule has 8 nitrogen and oxygen atoms in total. The van der Waals surface area contributed by atoms with Crippen LogP contribution in [0.1, 0.15) is 85.5 Å². The molecule has 2 aromatic carbocycles. The number of hydrogen-bond acceptors (Lipinski definition) is 5. The predicted molar refractivity (Wildman–Crippen MR) is 188 cm³/mol. The van der Waals surface area contributed by atoms with Crippen molar-refractivity contribution in [2.45, 2.75) is 86.9 Å². The summed E-state index contributed by atoms with van der Waals surface area (Å²) >= 11 is 0. The summed E-state index contributed by atoms with van der Waals surface area (Å²) in [5.74, 6) is -1.51. The fourth-order valence-corrected chi connectivity index (χ4v) is 5.18. The third-order valence-corrected chi connectivity index (χ3v) is 7.23. The number of nitrogens with zero attached hydrogens (tertiary/aromatic N) is 2. The maximum absolute atomic E-state index is 14.9. The van der Waals surface area contributed by atoms with Crippen molar-refractivity contribution in [3.63, 3.8) is 0 Å². The average Bonchev–Trinajstić information content (AvgIpc) is 3.47. The standard InChI is InChI=1S/C33H45F2N5O3.2C2H6/c1-5-30(41)40(16-13-28(37)32(42)38-15-18-43-17-14-36)31(33(2,3)4)29-19-24(26-20-25(34)11-12-27(26)35)22-39(29)21-23-9-7-6-8-10-23;2*1-2/h6-12,19-20,22,28,31H,5,13-18,21,36-37H2,1-4H3,(H,38,42);2*1-2H3. The van der Waals surface area contributed by atoms with Crippen LogP contribution in [0.5, 0.6) is 0 Å². The molecule has 3 rings (SSSR count). The first kappa shape index (κ1) is 41.4. The number of amides is 2. The molecule has 0 saturated carbocycles. The van der Waals surface area contributed by atoms with Gasteiger partial charge in [0.05, 0.1) is 25.3 Å². The van der Waals surface area contributed by atoms with E-state index >= 15 is 0 Å². The van der Waals surface area contributed by atoms with Gasteiger partial charge in [-0.25, -0.2) is 8.78 Å². The predicted octanol–water partition coefficient (Wildman–Crippen LogP) is 6.67. The Morgan fingerprint density at radius 2 is 1.66 bits per heavy atom. The van der Waals surface area contributed by atoms with Crippen LogP contribution in [0.4, 0.5) is 8.78 Å². The number of benzene rings is 2. The summed E-state index contributed by atoms with van der Waals surface area (Å²) in [5, 5.41) is 2.76. The Morgan fingerprint density at radius 3 is 2.26 bits per heavy atom. The van der Waals surface area contributed by atoms with E-state index in [0.29, 0.717) is 38.4 Å². The molecular formula is C37H57F2N5O3. The van der Waals surface area contributed by atoms with Gasteiger partial charge in [0.2, 0.25) is 11.8 Å². The molecule has 0 aliphatic rings. The van der Waals surface area contributed by atoms with Crippen LogP contribution in [-0.4, -0.2) is 60.2 Å². The van der Waals surface area contributed by atoms with Crippen LogP contribution < -0.4 is 16.8 Å². The Balaban J connectivity index is 0.00000265. The van der Waals surface area contributed by atoms with Gasteiger partial charge in [0, 0.05) is 55.6 Å². The SMILES string of the molecule is CC.CC.CCC(=O)N(CCC(N)C(=O)NCCOCCN)C(c1cc(-c2cc(F)ccc2F)cn1Cc1ccccc1)C(C)(C)C. The number of rotatable bonds is 15. The summed E-state index contributed by atoms with van der Waals surface area (Å²) in [5.41, 5.74) is 13.6. The lowest BCUT2D eigenvalue weighted by Crippen LogP contribution is -2.47. The molecule has 0 spiro atoms. The van der Waals surface area contributed by atoms with Crippen molar-refractivity contribution in [1.82, 2.24) is 14.8 Å². The van der Waals surface area contributed by atoms with Crippen molar-refractivity contribution >= 4 is 11.8 Å². The minimum atomic E-state index is -0.838. The Kier molecular flexibility index (Phi) is 18.8. The molecule has 1 heterocycles. The molecule has 47 heavy (non-hydrogen) atoms. The molecule has 5 N–H and O–H groups in total. The Morgan fingerprint density at radius 1 is 1.00 bits per heavy atom. The van der Waals surface area contributed by atoms with E-state index in [2.05, 4.69) is 5.32 Å². The van der Waals surface area contributed by atoms with Crippen molar-refractivity contribution in [3.8, 4) is 11.1 Å². The molecule has 0 saturated heterocycles. The van der Waals surface area contributed by atoms with Crippen LogP contribution in [0, 0.1) is 17.0 Å². The van der Waals surface area contributed by atoms with Crippen LogP contribution in [0.2, 0.25) is 0 Å². The molecule has 10 heteroatoms. The highest BCUT2D eigenvalue weighted by Crippen LogP contribution is 2.41. The molecule has 0 radical (unpaired) electrons. The van der Waals surface area contributed by atoms with E-state index in [1.807, 2.05) is 89.4 Å². The first-order valence-electron chi connectivity index (χ1n) is 16.8. The van der Waals surface area contributed by atoms with Crippen LogP contribution >= 0.6 is 0 Å². The van der Waals surface area contributed by atoms with E-state index in [1.165, 1.54) is 6.07 Å². The molecule has 0 aliphatic heterocycles. The van der Waals surface area contributed by atoms with E-state index in [9.17, 15) is 18.4 Å². The summed E-state index contributed by atoms with van der Waals surface area (Å²) in [6.07, 6.45) is 2.29. The molecule has 2 atom stereocenters. The molecule has 3 aromatic rings. The molecule has 0 aliphatic carbocycles. The van der Waals surface area contributed by atoms with Gasteiger partial charge in [0.15, 0.2) is 0 Å². The van der Waals surface area contributed by atoms with Gasteiger partial charge in [-0.05, 0) is 41.7 Å². The number of hydrogen-bond donors (Lipinski definition) is 3. The molecule has 0 bridgehead atoms.